The Morgan fingerprint density at radius 2 is 1.54 bits per heavy atom. The van der Waals surface area contributed by atoms with Crippen LogP contribution in [0.15, 0.2) is 67.3 Å². The minimum absolute atomic E-state index is 0.0324. The molecule has 2 aromatic carbocycles. The van der Waals surface area contributed by atoms with Crippen LogP contribution in [-0.2, 0) is 30.3 Å². The predicted molar refractivity (Wildman–Crippen MR) is 183 cm³/mol. The minimum atomic E-state index is -1.21. The van der Waals surface area contributed by atoms with E-state index in [1.165, 1.54) is 22.7 Å². The summed E-state index contributed by atoms with van der Waals surface area (Å²) >= 11 is 1.51. The highest BCUT2D eigenvalue weighted by Crippen LogP contribution is 2.25. The maximum absolute atomic E-state index is 14.3. The van der Waals surface area contributed by atoms with Crippen LogP contribution in [0.3, 0.4) is 0 Å². The van der Waals surface area contributed by atoms with E-state index in [0.29, 0.717) is 16.9 Å². The number of hydrogen-bond acceptors (Lipinski definition) is 7. The number of rotatable bonds is 14. The number of ether oxygens (including phenoxy) is 2. The van der Waals surface area contributed by atoms with Crippen LogP contribution in [0.4, 0.5) is 4.79 Å². The molecule has 0 fully saturated rings. The van der Waals surface area contributed by atoms with Gasteiger partial charge in [0, 0.05) is 18.5 Å². The van der Waals surface area contributed by atoms with Crippen LogP contribution in [0.2, 0.25) is 0 Å². The number of alkyl carbamates (subject to hydrolysis) is 1. The predicted octanol–water partition coefficient (Wildman–Crippen LogP) is 5.44. The van der Waals surface area contributed by atoms with Gasteiger partial charge in [0.05, 0.1) is 0 Å². The lowest BCUT2D eigenvalue weighted by atomic mass is 9.99. The monoisotopic (exact) mass is 649 g/mol. The van der Waals surface area contributed by atoms with E-state index < -0.39 is 53.2 Å². The SMILES string of the molecule is C#Cc1ccc(C(C(=O)NC(Cc2ccccc2)C(=O)OC(C)(C)C)N(CC=C)C(=O)C(CCSC)NC(=O)OC(C)(C)C)cc1. The van der Waals surface area contributed by atoms with Crippen molar-refractivity contribution in [3.8, 4) is 12.3 Å². The average Bonchev–Trinajstić information content (AvgIpc) is 2.97. The molecule has 0 aliphatic heterocycles. The van der Waals surface area contributed by atoms with Gasteiger partial charge in [0.15, 0.2) is 0 Å². The van der Waals surface area contributed by atoms with Crippen LogP contribution in [0.25, 0.3) is 0 Å². The number of hydrogen-bond donors (Lipinski definition) is 2. The van der Waals surface area contributed by atoms with Crippen molar-refractivity contribution in [3.05, 3.63) is 83.9 Å². The number of esters is 1. The maximum Gasteiger partial charge on any atom is 0.408 e. The molecule has 0 aliphatic rings. The van der Waals surface area contributed by atoms with Crippen molar-refractivity contribution in [1.82, 2.24) is 15.5 Å². The molecule has 0 aromatic heterocycles. The lowest BCUT2D eigenvalue weighted by Gasteiger charge is -2.35. The summed E-state index contributed by atoms with van der Waals surface area (Å²) in [6.07, 6.45) is 8.67. The summed E-state index contributed by atoms with van der Waals surface area (Å²) < 4.78 is 11.1. The molecule has 3 unspecified atom stereocenters. The summed E-state index contributed by atoms with van der Waals surface area (Å²) in [4.78, 5) is 56.1. The first-order chi connectivity index (χ1) is 21.6. The van der Waals surface area contributed by atoms with Crippen LogP contribution in [-0.4, -0.2) is 70.6 Å². The molecule has 0 bridgehead atoms. The van der Waals surface area contributed by atoms with Gasteiger partial charge in [-0.15, -0.1) is 13.0 Å². The molecule has 3 atom stereocenters. The van der Waals surface area contributed by atoms with Crippen molar-refractivity contribution >= 4 is 35.6 Å². The topological polar surface area (TPSA) is 114 Å². The molecular formula is C36H47N3O6S. The summed E-state index contributed by atoms with van der Waals surface area (Å²) in [7, 11) is 0. The number of carbonyl (C=O) groups excluding carboxylic acids is 4. The number of benzene rings is 2. The van der Waals surface area contributed by atoms with Crippen LogP contribution in [0, 0.1) is 12.3 Å². The third-order valence-corrected chi connectivity index (χ3v) is 7.10. The Morgan fingerprint density at radius 1 is 0.935 bits per heavy atom. The highest BCUT2D eigenvalue weighted by atomic mass is 32.2. The third kappa shape index (κ3) is 12.6. The van der Waals surface area contributed by atoms with Gasteiger partial charge in [-0.1, -0.05) is 54.5 Å². The number of nitrogens with one attached hydrogen (secondary N) is 2. The van der Waals surface area contributed by atoms with E-state index in [-0.39, 0.29) is 19.4 Å². The normalized spacial score (nSPS) is 13.3. The Labute approximate surface area is 277 Å². The van der Waals surface area contributed by atoms with Gasteiger partial charge < -0.3 is 25.0 Å². The van der Waals surface area contributed by atoms with E-state index in [1.807, 2.05) is 36.6 Å². The van der Waals surface area contributed by atoms with Crippen LogP contribution in [0.5, 0.6) is 0 Å². The van der Waals surface area contributed by atoms with Gasteiger partial charge in [0.25, 0.3) is 0 Å². The average molecular weight is 650 g/mol. The number of amides is 3. The number of nitrogens with zero attached hydrogens (tertiary/aromatic N) is 1. The molecule has 10 heteroatoms. The quantitative estimate of drug-likeness (QED) is 0.159. The second-order valence-electron chi connectivity index (χ2n) is 12.7. The smallest absolute Gasteiger partial charge is 0.408 e. The Bertz CT molecular complexity index is 1370. The third-order valence-electron chi connectivity index (χ3n) is 6.45. The fourth-order valence-corrected chi connectivity index (χ4v) is 4.98. The molecule has 248 valence electrons. The number of thioether (sulfide) groups is 1. The Kier molecular flexibility index (Phi) is 14.4. The molecule has 0 spiro atoms. The Hall–Kier alpha value is -4.23. The van der Waals surface area contributed by atoms with Crippen molar-refractivity contribution in [2.24, 2.45) is 0 Å². The van der Waals surface area contributed by atoms with E-state index in [0.717, 1.165) is 5.56 Å². The van der Waals surface area contributed by atoms with Crippen LogP contribution in [0.1, 0.15) is 70.7 Å². The van der Waals surface area contributed by atoms with Crippen molar-refractivity contribution in [2.45, 2.75) is 83.7 Å². The highest BCUT2D eigenvalue weighted by Gasteiger charge is 2.38. The summed E-state index contributed by atoms with van der Waals surface area (Å²) in [6, 6.07) is 12.7. The molecule has 0 saturated carbocycles. The van der Waals surface area contributed by atoms with Crippen molar-refractivity contribution in [3.63, 3.8) is 0 Å². The molecule has 0 radical (unpaired) electrons. The zero-order valence-corrected chi connectivity index (χ0v) is 28.7. The molecule has 0 heterocycles. The van der Waals surface area contributed by atoms with E-state index in [9.17, 15) is 19.2 Å². The second-order valence-corrected chi connectivity index (χ2v) is 13.7. The molecule has 2 aromatic rings. The summed E-state index contributed by atoms with van der Waals surface area (Å²) in [5.74, 6) is 1.37. The van der Waals surface area contributed by atoms with E-state index in [4.69, 9.17) is 15.9 Å². The number of carbonyl (C=O) groups is 4. The first-order valence-corrected chi connectivity index (χ1v) is 16.5. The minimum Gasteiger partial charge on any atom is -0.458 e. The Balaban J connectivity index is 2.59. The molecule has 46 heavy (non-hydrogen) atoms. The summed E-state index contributed by atoms with van der Waals surface area (Å²) in [5, 5.41) is 5.56. The lowest BCUT2D eigenvalue weighted by molar-refractivity contribution is -0.159. The van der Waals surface area contributed by atoms with E-state index in [2.05, 4.69) is 23.1 Å². The maximum atomic E-state index is 14.3. The van der Waals surface area contributed by atoms with Gasteiger partial charge in [-0.2, -0.15) is 11.8 Å². The van der Waals surface area contributed by atoms with Gasteiger partial charge in [-0.3, -0.25) is 9.59 Å². The van der Waals surface area contributed by atoms with Gasteiger partial charge in [0.1, 0.15) is 29.3 Å². The molecule has 9 nitrogen and oxygen atoms in total. The Morgan fingerprint density at radius 3 is 2.07 bits per heavy atom. The molecule has 0 saturated heterocycles. The first kappa shape index (κ1) is 38.0. The van der Waals surface area contributed by atoms with Crippen LogP contribution >= 0.6 is 11.8 Å². The molecule has 3 amide bonds. The standard InChI is InChI=1S/C36H47N3O6S/c1-10-22-39(32(41)28(21-23-46-9)38-34(43)45-36(6,7)8)30(27-19-17-25(11-2)18-20-27)31(40)37-29(33(42)44-35(3,4)5)24-26-15-13-12-14-16-26/h2,10,12-20,28-30H,1,21-24H2,3-9H3,(H,37,40)(H,38,43). The van der Waals surface area contributed by atoms with E-state index in [1.54, 1.807) is 65.8 Å². The number of terminal acetylenes is 1. The molecule has 2 N–H and O–H groups in total. The first-order valence-electron chi connectivity index (χ1n) is 15.1. The lowest BCUT2D eigenvalue weighted by Crippen LogP contribution is -2.55. The summed E-state index contributed by atoms with van der Waals surface area (Å²) in [6.45, 7) is 14.2. The fraction of sp³-hybridized carbons (Fsp3) is 0.444. The zero-order chi connectivity index (χ0) is 34.5. The largest absolute Gasteiger partial charge is 0.458 e. The zero-order valence-electron chi connectivity index (χ0n) is 27.9. The van der Waals surface area contributed by atoms with Crippen molar-refractivity contribution in [1.29, 1.82) is 0 Å². The van der Waals surface area contributed by atoms with Crippen molar-refractivity contribution < 1.29 is 28.7 Å². The van der Waals surface area contributed by atoms with E-state index >= 15 is 0 Å². The fourth-order valence-electron chi connectivity index (χ4n) is 4.51. The second kappa shape index (κ2) is 17.5. The molecule has 0 aliphatic carbocycles. The van der Waals surface area contributed by atoms with Gasteiger partial charge in [-0.05, 0) is 83.2 Å². The van der Waals surface area contributed by atoms with Crippen molar-refractivity contribution in [2.75, 3.05) is 18.6 Å². The molecular weight excluding hydrogens is 602 g/mol. The molecule has 2 rings (SSSR count). The van der Waals surface area contributed by atoms with Gasteiger partial charge in [0.2, 0.25) is 11.8 Å². The highest BCUT2D eigenvalue weighted by molar-refractivity contribution is 7.98. The van der Waals surface area contributed by atoms with Crippen LogP contribution < -0.4 is 10.6 Å². The van der Waals surface area contributed by atoms with Gasteiger partial charge in [-0.25, -0.2) is 9.59 Å². The summed E-state index contributed by atoms with van der Waals surface area (Å²) in [5.41, 5.74) is 0.268. The van der Waals surface area contributed by atoms with Gasteiger partial charge >= 0.3 is 12.1 Å².